The molecule has 0 saturated heterocycles. The van der Waals surface area contributed by atoms with Gasteiger partial charge in [-0.3, -0.25) is 0 Å². The molecule has 1 heteroatoms. The standard InChI is InChI=1S/C59H41N/c1-4-19-42(20-5-1)44-23-16-24-45(39-44)53-32-13-15-36-58(53)60(49-30-17-25-46(40-49)52-34-18-22-43-21-10-11-31-51(43)52)50-37-38-55-54-33-12-14-35-56(54)59(57(55)41-50,47-26-6-2-7-27-47)48-28-8-3-9-29-48/h1-41H. The molecule has 0 radical (unpaired) electrons. The number of fused-ring (bicyclic) bond motifs is 4. The Bertz CT molecular complexity index is 3100. The molecule has 0 spiro atoms. The molecule has 10 aromatic carbocycles. The van der Waals surface area contributed by atoms with E-state index in [9.17, 15) is 0 Å². The van der Waals surface area contributed by atoms with E-state index in [4.69, 9.17) is 0 Å². The normalized spacial score (nSPS) is 12.5. The molecule has 282 valence electrons. The number of anilines is 3. The number of para-hydroxylation sites is 1. The SMILES string of the molecule is c1ccc(-c2cccc(-c3ccccc3N(c3cccc(-c4cccc5ccccc45)c3)c3ccc4c(c3)C(c3ccccc3)(c3ccccc3)c3ccccc3-4)c2)cc1. The Morgan fingerprint density at radius 1 is 0.283 bits per heavy atom. The second kappa shape index (κ2) is 14.9. The van der Waals surface area contributed by atoms with Crippen molar-refractivity contribution in [3.63, 3.8) is 0 Å². The van der Waals surface area contributed by atoms with Crippen LogP contribution in [0.5, 0.6) is 0 Å². The molecule has 1 aliphatic rings. The summed E-state index contributed by atoms with van der Waals surface area (Å²) >= 11 is 0. The van der Waals surface area contributed by atoms with Crippen LogP contribution in [0.15, 0.2) is 249 Å². The van der Waals surface area contributed by atoms with Gasteiger partial charge in [0.1, 0.15) is 0 Å². The molecule has 0 amide bonds. The molecule has 0 bridgehead atoms. The second-order valence-electron chi connectivity index (χ2n) is 15.6. The average Bonchev–Trinajstić information content (AvgIpc) is 3.63. The lowest BCUT2D eigenvalue weighted by molar-refractivity contribution is 0.768. The van der Waals surface area contributed by atoms with Gasteiger partial charge in [0, 0.05) is 16.9 Å². The average molecular weight is 764 g/mol. The van der Waals surface area contributed by atoms with Crippen LogP contribution in [0, 0.1) is 0 Å². The zero-order valence-corrected chi connectivity index (χ0v) is 33.1. The molecule has 11 rings (SSSR count). The quantitative estimate of drug-likeness (QED) is 0.149. The van der Waals surface area contributed by atoms with Crippen LogP contribution in [0.1, 0.15) is 22.3 Å². The lowest BCUT2D eigenvalue weighted by Gasteiger charge is -2.35. The molecule has 10 aromatic rings. The van der Waals surface area contributed by atoms with Crippen molar-refractivity contribution in [1.29, 1.82) is 0 Å². The van der Waals surface area contributed by atoms with E-state index in [2.05, 4.69) is 254 Å². The highest BCUT2D eigenvalue weighted by molar-refractivity contribution is 5.98. The monoisotopic (exact) mass is 763 g/mol. The summed E-state index contributed by atoms with van der Waals surface area (Å²) in [4.78, 5) is 2.48. The van der Waals surface area contributed by atoms with Gasteiger partial charge in [-0.2, -0.15) is 0 Å². The van der Waals surface area contributed by atoms with E-state index in [1.54, 1.807) is 0 Å². The summed E-state index contributed by atoms with van der Waals surface area (Å²) in [5, 5.41) is 2.48. The van der Waals surface area contributed by atoms with Gasteiger partial charge in [0.15, 0.2) is 0 Å². The molecule has 1 aliphatic carbocycles. The van der Waals surface area contributed by atoms with Crippen molar-refractivity contribution in [1.82, 2.24) is 0 Å². The highest BCUT2D eigenvalue weighted by Crippen LogP contribution is 2.57. The molecule has 0 aromatic heterocycles. The van der Waals surface area contributed by atoms with Crippen molar-refractivity contribution < 1.29 is 0 Å². The van der Waals surface area contributed by atoms with Crippen molar-refractivity contribution in [3.05, 3.63) is 271 Å². The van der Waals surface area contributed by atoms with Crippen LogP contribution in [0.25, 0.3) is 55.3 Å². The summed E-state index contributed by atoms with van der Waals surface area (Å²) in [6.45, 7) is 0. The lowest BCUT2D eigenvalue weighted by atomic mass is 9.67. The molecule has 0 heterocycles. The summed E-state index contributed by atoms with van der Waals surface area (Å²) in [6, 6.07) is 91.1. The van der Waals surface area contributed by atoms with Crippen LogP contribution >= 0.6 is 0 Å². The minimum absolute atomic E-state index is 0.523. The Kier molecular flexibility index (Phi) is 8.79. The number of nitrogens with zero attached hydrogens (tertiary/aromatic N) is 1. The van der Waals surface area contributed by atoms with E-state index in [0.717, 1.165) is 22.6 Å². The minimum atomic E-state index is -0.523. The van der Waals surface area contributed by atoms with Crippen molar-refractivity contribution >= 4 is 27.8 Å². The predicted molar refractivity (Wildman–Crippen MR) is 252 cm³/mol. The largest absolute Gasteiger partial charge is 0.310 e. The molecule has 1 nitrogen and oxygen atoms in total. The van der Waals surface area contributed by atoms with E-state index >= 15 is 0 Å². The third kappa shape index (κ3) is 5.86. The summed E-state index contributed by atoms with van der Waals surface area (Å²) < 4.78 is 0. The van der Waals surface area contributed by atoms with Gasteiger partial charge < -0.3 is 4.90 Å². The molecule has 0 fully saturated rings. The lowest BCUT2D eigenvalue weighted by Crippen LogP contribution is -2.28. The van der Waals surface area contributed by atoms with Gasteiger partial charge in [-0.05, 0) is 108 Å². The Balaban J connectivity index is 1.17. The third-order valence-corrected chi connectivity index (χ3v) is 12.3. The smallest absolute Gasteiger partial charge is 0.0714 e. The predicted octanol–water partition coefficient (Wildman–Crippen LogP) is 15.7. The van der Waals surface area contributed by atoms with E-state index in [1.165, 1.54) is 72.0 Å². The van der Waals surface area contributed by atoms with Gasteiger partial charge >= 0.3 is 0 Å². The number of benzene rings is 10. The first-order chi connectivity index (χ1) is 29.8. The van der Waals surface area contributed by atoms with Gasteiger partial charge in [0.25, 0.3) is 0 Å². The molecule has 0 N–H and O–H groups in total. The van der Waals surface area contributed by atoms with Crippen molar-refractivity contribution in [2.24, 2.45) is 0 Å². The van der Waals surface area contributed by atoms with Crippen molar-refractivity contribution in [2.75, 3.05) is 4.90 Å². The Morgan fingerprint density at radius 3 is 1.58 bits per heavy atom. The fourth-order valence-corrected chi connectivity index (χ4v) is 9.70. The number of rotatable bonds is 8. The Morgan fingerprint density at radius 2 is 0.800 bits per heavy atom. The highest BCUT2D eigenvalue weighted by atomic mass is 15.1. The van der Waals surface area contributed by atoms with Crippen LogP contribution in [-0.2, 0) is 5.41 Å². The minimum Gasteiger partial charge on any atom is -0.310 e. The van der Waals surface area contributed by atoms with E-state index < -0.39 is 5.41 Å². The van der Waals surface area contributed by atoms with Crippen molar-refractivity contribution in [3.8, 4) is 44.5 Å². The first kappa shape index (κ1) is 35.4. The maximum Gasteiger partial charge on any atom is 0.0714 e. The first-order valence-corrected chi connectivity index (χ1v) is 20.8. The zero-order chi connectivity index (χ0) is 39.9. The highest BCUT2D eigenvalue weighted by Gasteiger charge is 2.46. The van der Waals surface area contributed by atoms with Gasteiger partial charge in [-0.15, -0.1) is 0 Å². The van der Waals surface area contributed by atoms with E-state index in [1.807, 2.05) is 0 Å². The maximum absolute atomic E-state index is 2.48. The van der Waals surface area contributed by atoms with Gasteiger partial charge in [0.05, 0.1) is 11.1 Å². The maximum atomic E-state index is 2.48. The van der Waals surface area contributed by atoms with Crippen LogP contribution in [-0.4, -0.2) is 0 Å². The first-order valence-electron chi connectivity index (χ1n) is 20.8. The van der Waals surface area contributed by atoms with Crippen LogP contribution in [0.2, 0.25) is 0 Å². The van der Waals surface area contributed by atoms with E-state index in [0.29, 0.717) is 0 Å². The number of hydrogen-bond acceptors (Lipinski definition) is 1. The molecular formula is C59H41N. The molecule has 0 saturated carbocycles. The Hall–Kier alpha value is -7.74. The van der Waals surface area contributed by atoms with E-state index in [-0.39, 0.29) is 0 Å². The second-order valence-corrected chi connectivity index (χ2v) is 15.6. The van der Waals surface area contributed by atoms with Crippen LogP contribution < -0.4 is 4.90 Å². The molecule has 0 unspecified atom stereocenters. The van der Waals surface area contributed by atoms with Gasteiger partial charge in [-0.25, -0.2) is 0 Å². The van der Waals surface area contributed by atoms with Crippen molar-refractivity contribution in [2.45, 2.75) is 5.41 Å². The van der Waals surface area contributed by atoms with Gasteiger partial charge in [-0.1, -0.05) is 212 Å². The Labute approximate surface area is 352 Å². The summed E-state index contributed by atoms with van der Waals surface area (Å²) in [5.74, 6) is 0. The zero-order valence-electron chi connectivity index (χ0n) is 33.1. The summed E-state index contributed by atoms with van der Waals surface area (Å²) in [6.07, 6.45) is 0. The fraction of sp³-hybridized carbons (Fsp3) is 0.0169. The molecule has 0 aliphatic heterocycles. The number of hydrogen-bond donors (Lipinski definition) is 0. The summed E-state index contributed by atoms with van der Waals surface area (Å²) in [7, 11) is 0. The molecule has 60 heavy (non-hydrogen) atoms. The molecule has 0 atom stereocenters. The van der Waals surface area contributed by atoms with Gasteiger partial charge in [0.2, 0.25) is 0 Å². The molecular weight excluding hydrogens is 723 g/mol. The third-order valence-electron chi connectivity index (χ3n) is 12.3. The fourth-order valence-electron chi connectivity index (χ4n) is 9.70. The van der Waals surface area contributed by atoms with Crippen LogP contribution in [0.3, 0.4) is 0 Å². The van der Waals surface area contributed by atoms with Crippen LogP contribution in [0.4, 0.5) is 17.1 Å². The topological polar surface area (TPSA) is 3.24 Å². The summed E-state index contributed by atoms with van der Waals surface area (Å²) in [5.41, 5.74) is 17.5.